The molecule has 0 saturated carbocycles. The van der Waals surface area contributed by atoms with E-state index in [9.17, 15) is 4.79 Å². The molecule has 5 rings (SSSR count). The standard InChI is InChI=1S/C23H18N6O2/c30-23(29-21(11-14-31-29)17-5-2-1-3-6-17)27-19-10-13-24-18(15-19)8-9-20-16-25-22-7-4-12-26-28(20)22/h1-7,10,12-13,15-16,21H,11,14H2,(H,24,27,30)/t21-/m0/s1. The molecule has 2 amide bonds. The quantitative estimate of drug-likeness (QED) is 0.512. The lowest BCUT2D eigenvalue weighted by atomic mass is 10.1. The lowest BCUT2D eigenvalue weighted by molar-refractivity contribution is -0.0829. The minimum absolute atomic E-state index is 0.120. The first kappa shape index (κ1) is 18.8. The second-order valence-corrected chi connectivity index (χ2v) is 6.92. The molecule has 152 valence electrons. The van der Waals surface area contributed by atoms with E-state index in [4.69, 9.17) is 4.84 Å². The number of urea groups is 1. The van der Waals surface area contributed by atoms with Gasteiger partial charge in [-0.2, -0.15) is 10.2 Å². The summed E-state index contributed by atoms with van der Waals surface area (Å²) in [5, 5.41) is 8.51. The van der Waals surface area contributed by atoms with Crippen molar-refractivity contribution in [3.05, 3.63) is 90.1 Å². The number of nitrogens with one attached hydrogen (secondary N) is 1. The molecule has 0 spiro atoms. The number of hydrogen-bond donors (Lipinski definition) is 1. The van der Waals surface area contributed by atoms with Crippen LogP contribution in [-0.4, -0.2) is 37.3 Å². The zero-order chi connectivity index (χ0) is 21.0. The van der Waals surface area contributed by atoms with E-state index in [-0.39, 0.29) is 12.1 Å². The topological polar surface area (TPSA) is 84.7 Å². The zero-order valence-corrected chi connectivity index (χ0v) is 16.5. The van der Waals surface area contributed by atoms with Crippen LogP contribution in [0.2, 0.25) is 0 Å². The van der Waals surface area contributed by atoms with E-state index in [1.165, 1.54) is 5.06 Å². The Morgan fingerprint density at radius 2 is 1.97 bits per heavy atom. The molecule has 1 fully saturated rings. The molecule has 1 atom stereocenters. The highest BCUT2D eigenvalue weighted by Crippen LogP contribution is 2.30. The molecule has 1 aliphatic rings. The maximum Gasteiger partial charge on any atom is 0.346 e. The molecular formula is C23H18N6O2. The van der Waals surface area contributed by atoms with Crippen LogP contribution in [0.1, 0.15) is 29.4 Å². The van der Waals surface area contributed by atoms with E-state index >= 15 is 0 Å². The molecule has 8 nitrogen and oxygen atoms in total. The minimum atomic E-state index is -0.331. The van der Waals surface area contributed by atoms with Gasteiger partial charge in [-0.15, -0.1) is 0 Å². The third-order valence-corrected chi connectivity index (χ3v) is 4.90. The van der Waals surface area contributed by atoms with Gasteiger partial charge in [0, 0.05) is 24.5 Å². The summed E-state index contributed by atoms with van der Waals surface area (Å²) in [6.07, 6.45) is 5.69. The summed E-state index contributed by atoms with van der Waals surface area (Å²) < 4.78 is 1.66. The fourth-order valence-electron chi connectivity index (χ4n) is 3.45. The van der Waals surface area contributed by atoms with Crippen LogP contribution in [0.25, 0.3) is 5.65 Å². The summed E-state index contributed by atoms with van der Waals surface area (Å²) in [6, 6.07) is 16.5. The van der Waals surface area contributed by atoms with Crippen molar-refractivity contribution in [2.75, 3.05) is 11.9 Å². The molecule has 3 aromatic heterocycles. The maximum atomic E-state index is 12.8. The van der Waals surface area contributed by atoms with Gasteiger partial charge in [-0.25, -0.2) is 19.3 Å². The van der Waals surface area contributed by atoms with E-state index in [0.29, 0.717) is 23.7 Å². The van der Waals surface area contributed by atoms with E-state index in [2.05, 4.69) is 32.2 Å². The Morgan fingerprint density at radius 3 is 2.87 bits per heavy atom. The summed E-state index contributed by atoms with van der Waals surface area (Å²) in [5.74, 6) is 6.02. The Balaban J connectivity index is 1.32. The smallest absolute Gasteiger partial charge is 0.306 e. The number of hydrogen-bond acceptors (Lipinski definition) is 5. The molecular weight excluding hydrogens is 392 g/mol. The van der Waals surface area contributed by atoms with Gasteiger partial charge in [-0.3, -0.25) is 4.84 Å². The second kappa shape index (κ2) is 8.26. The Morgan fingerprint density at radius 1 is 1.06 bits per heavy atom. The van der Waals surface area contributed by atoms with Crippen LogP contribution < -0.4 is 5.32 Å². The number of imidazole rings is 1. The van der Waals surface area contributed by atoms with E-state index in [1.807, 2.05) is 42.5 Å². The first-order valence-corrected chi connectivity index (χ1v) is 9.83. The average molecular weight is 410 g/mol. The van der Waals surface area contributed by atoms with Crippen LogP contribution in [0.15, 0.2) is 73.2 Å². The van der Waals surface area contributed by atoms with Crippen LogP contribution in [0.5, 0.6) is 0 Å². The minimum Gasteiger partial charge on any atom is -0.306 e. The van der Waals surface area contributed by atoms with Crippen LogP contribution >= 0.6 is 0 Å². The highest BCUT2D eigenvalue weighted by Gasteiger charge is 2.31. The van der Waals surface area contributed by atoms with Crippen molar-refractivity contribution in [2.24, 2.45) is 0 Å². The SMILES string of the molecule is O=C(Nc1ccnc(C#Cc2cnc3cccnn23)c1)N1OCC[C@H]1c1ccccc1. The number of nitrogens with zero attached hydrogens (tertiary/aromatic N) is 5. The molecule has 4 aromatic rings. The molecule has 1 N–H and O–H groups in total. The fourth-order valence-corrected chi connectivity index (χ4v) is 3.45. The number of fused-ring (bicyclic) bond motifs is 1. The van der Waals surface area contributed by atoms with Crippen LogP contribution in [-0.2, 0) is 4.84 Å². The number of hydroxylamine groups is 2. The lowest BCUT2D eigenvalue weighted by Gasteiger charge is -2.23. The Bertz CT molecular complexity index is 1290. The summed E-state index contributed by atoms with van der Waals surface area (Å²) in [5.41, 5.74) is 3.52. The molecule has 0 aliphatic carbocycles. The van der Waals surface area contributed by atoms with Crippen molar-refractivity contribution < 1.29 is 9.63 Å². The van der Waals surface area contributed by atoms with Gasteiger partial charge in [0.15, 0.2) is 5.65 Å². The highest BCUT2D eigenvalue weighted by molar-refractivity contribution is 5.89. The van der Waals surface area contributed by atoms with E-state index in [1.54, 1.807) is 35.2 Å². The third-order valence-electron chi connectivity index (χ3n) is 4.90. The summed E-state index contributed by atoms with van der Waals surface area (Å²) in [4.78, 5) is 26.9. The molecule has 8 heteroatoms. The van der Waals surface area contributed by atoms with Crippen LogP contribution in [0, 0.1) is 11.8 Å². The van der Waals surface area contributed by atoms with Crippen molar-refractivity contribution in [1.82, 2.24) is 24.6 Å². The molecule has 31 heavy (non-hydrogen) atoms. The van der Waals surface area contributed by atoms with Crippen molar-refractivity contribution in [3.8, 4) is 11.8 Å². The summed E-state index contributed by atoms with van der Waals surface area (Å²) in [7, 11) is 0. The molecule has 1 aromatic carbocycles. The summed E-state index contributed by atoms with van der Waals surface area (Å²) >= 11 is 0. The Kier molecular flexibility index (Phi) is 5.01. The molecule has 0 radical (unpaired) electrons. The van der Waals surface area contributed by atoms with Gasteiger partial charge < -0.3 is 5.32 Å². The van der Waals surface area contributed by atoms with Crippen molar-refractivity contribution >= 4 is 17.4 Å². The van der Waals surface area contributed by atoms with Gasteiger partial charge in [0.05, 0.1) is 18.8 Å². The van der Waals surface area contributed by atoms with Crippen LogP contribution in [0.3, 0.4) is 0 Å². The monoisotopic (exact) mass is 410 g/mol. The van der Waals surface area contributed by atoms with Crippen molar-refractivity contribution in [2.45, 2.75) is 12.5 Å². The van der Waals surface area contributed by atoms with Gasteiger partial charge in [0.2, 0.25) is 0 Å². The van der Waals surface area contributed by atoms with Gasteiger partial charge in [-0.05, 0) is 41.7 Å². The molecule has 0 unspecified atom stereocenters. The largest absolute Gasteiger partial charge is 0.346 e. The van der Waals surface area contributed by atoms with Gasteiger partial charge in [0.1, 0.15) is 11.4 Å². The van der Waals surface area contributed by atoms with E-state index in [0.717, 1.165) is 17.6 Å². The maximum absolute atomic E-state index is 12.8. The number of carbonyl (C=O) groups excluding carboxylic acids is 1. The Labute approximate surface area is 178 Å². The van der Waals surface area contributed by atoms with Crippen molar-refractivity contribution in [3.63, 3.8) is 0 Å². The van der Waals surface area contributed by atoms with Gasteiger partial charge in [-0.1, -0.05) is 30.3 Å². The fraction of sp³-hybridized carbons (Fsp3) is 0.130. The summed E-state index contributed by atoms with van der Waals surface area (Å²) in [6.45, 7) is 0.493. The third kappa shape index (κ3) is 3.95. The highest BCUT2D eigenvalue weighted by atomic mass is 16.7. The molecule has 0 bridgehead atoms. The predicted octanol–water partition coefficient (Wildman–Crippen LogP) is 3.43. The number of aromatic nitrogens is 4. The average Bonchev–Trinajstić information content (AvgIpc) is 3.46. The van der Waals surface area contributed by atoms with Gasteiger partial charge >= 0.3 is 6.03 Å². The van der Waals surface area contributed by atoms with Crippen molar-refractivity contribution in [1.29, 1.82) is 0 Å². The molecule has 4 heterocycles. The zero-order valence-electron chi connectivity index (χ0n) is 16.5. The Hall–Kier alpha value is -4.22. The normalized spacial score (nSPS) is 15.5. The molecule has 1 saturated heterocycles. The van der Waals surface area contributed by atoms with Crippen LogP contribution in [0.4, 0.5) is 10.5 Å². The number of benzene rings is 1. The number of pyridine rings is 1. The number of carbonyl (C=O) groups is 1. The predicted molar refractivity (Wildman–Crippen MR) is 114 cm³/mol. The number of amides is 2. The lowest BCUT2D eigenvalue weighted by Crippen LogP contribution is -2.33. The first-order chi connectivity index (χ1) is 15.3. The second-order valence-electron chi connectivity index (χ2n) is 6.92. The van der Waals surface area contributed by atoms with E-state index < -0.39 is 0 Å². The van der Waals surface area contributed by atoms with Gasteiger partial charge in [0.25, 0.3) is 0 Å². The number of rotatable bonds is 2. The first-order valence-electron chi connectivity index (χ1n) is 9.83. The number of anilines is 1. The molecule has 1 aliphatic heterocycles.